The first-order valence-corrected chi connectivity index (χ1v) is 7.45. The Hall–Kier alpha value is -3.16. The van der Waals surface area contributed by atoms with Crippen molar-refractivity contribution in [2.45, 2.75) is 19.5 Å². The van der Waals surface area contributed by atoms with Crippen molar-refractivity contribution >= 4 is 23.1 Å². The molecule has 8 nitrogen and oxygen atoms in total. The summed E-state index contributed by atoms with van der Waals surface area (Å²) in [5, 5.41) is 9.61. The molecular weight excluding hydrogens is 310 g/mol. The van der Waals surface area contributed by atoms with Crippen LogP contribution in [0.1, 0.15) is 16.7 Å². The van der Waals surface area contributed by atoms with Crippen LogP contribution >= 0.6 is 0 Å². The van der Waals surface area contributed by atoms with Gasteiger partial charge in [-0.25, -0.2) is 0 Å². The van der Waals surface area contributed by atoms with E-state index in [4.69, 9.17) is 16.9 Å². The van der Waals surface area contributed by atoms with Crippen molar-refractivity contribution in [3.63, 3.8) is 0 Å². The number of nitrogen functional groups attached to an aromatic ring is 1. The molecule has 0 saturated carbocycles. The van der Waals surface area contributed by atoms with Crippen LogP contribution in [0.3, 0.4) is 0 Å². The normalized spacial score (nSPS) is 13.6. The van der Waals surface area contributed by atoms with Crippen molar-refractivity contribution in [2.24, 2.45) is 5.73 Å². The molecule has 1 aliphatic rings. The molecule has 0 aliphatic carbocycles. The fourth-order valence-electron chi connectivity index (χ4n) is 2.90. The number of fused-ring (bicyclic) bond motifs is 1. The van der Waals surface area contributed by atoms with Gasteiger partial charge in [-0.15, -0.1) is 0 Å². The maximum Gasteiger partial charge on any atom is 0.286 e. The molecule has 24 heavy (non-hydrogen) atoms. The molecule has 1 heterocycles. The van der Waals surface area contributed by atoms with E-state index in [0.717, 1.165) is 23.1 Å². The first-order chi connectivity index (χ1) is 11.4. The molecule has 0 fully saturated rings. The molecule has 2 aromatic rings. The monoisotopic (exact) mass is 327 g/mol. The fraction of sp³-hybridized carbons (Fsp3) is 0.250. The highest BCUT2D eigenvalue weighted by Crippen LogP contribution is 2.26. The largest absolute Gasteiger partial charge is 0.394 e. The highest BCUT2D eigenvalue weighted by Gasteiger charge is 2.26. The van der Waals surface area contributed by atoms with Crippen molar-refractivity contribution < 1.29 is 4.79 Å². The van der Waals surface area contributed by atoms with Gasteiger partial charge in [-0.05, 0) is 23.1 Å². The molecule has 0 unspecified atom stereocenters. The minimum atomic E-state index is -0.620. The van der Waals surface area contributed by atoms with E-state index in [1.807, 2.05) is 23.1 Å². The molecule has 3 rings (SSSR count). The van der Waals surface area contributed by atoms with E-state index >= 15 is 0 Å². The Morgan fingerprint density at radius 2 is 2.00 bits per heavy atom. The zero-order valence-electron chi connectivity index (χ0n) is 12.9. The molecule has 0 bridgehead atoms. The molecular formula is C16H17N5O3. The number of nitrogens with two attached hydrogens (primary N) is 2. The SMILES string of the molecule is N=C(N)C(=O)NCc1ccc2c(c1)CN(c1c(N)c(=O)c1=O)CC2. The molecule has 1 aliphatic heterocycles. The topological polar surface area (TPSA) is 142 Å². The van der Waals surface area contributed by atoms with E-state index < -0.39 is 22.6 Å². The van der Waals surface area contributed by atoms with Crippen molar-refractivity contribution in [2.75, 3.05) is 17.2 Å². The predicted octanol–water partition coefficient (Wildman–Crippen LogP) is -1.02. The highest BCUT2D eigenvalue weighted by molar-refractivity contribution is 6.35. The van der Waals surface area contributed by atoms with Gasteiger partial charge in [0.05, 0.1) is 0 Å². The molecule has 0 radical (unpaired) electrons. The van der Waals surface area contributed by atoms with Crippen LogP contribution in [-0.2, 0) is 24.3 Å². The lowest BCUT2D eigenvalue weighted by atomic mass is 9.96. The van der Waals surface area contributed by atoms with Crippen LogP contribution in [0.4, 0.5) is 11.4 Å². The second kappa shape index (κ2) is 5.80. The smallest absolute Gasteiger partial charge is 0.286 e. The van der Waals surface area contributed by atoms with Crippen molar-refractivity contribution in [3.05, 3.63) is 55.3 Å². The van der Waals surface area contributed by atoms with Gasteiger partial charge in [0.25, 0.3) is 16.8 Å². The van der Waals surface area contributed by atoms with Gasteiger partial charge in [0.1, 0.15) is 11.4 Å². The standard InChI is InChI=1S/C16H17N5O3/c17-11-12(14(23)13(11)22)21-4-3-9-2-1-8(5-10(9)7-21)6-20-16(24)15(18)19/h1-2,5H,3-4,6-7,17H2,(H3,18,19)(H,20,24). The maximum absolute atomic E-state index is 11.7. The summed E-state index contributed by atoms with van der Waals surface area (Å²) < 4.78 is 0. The minimum absolute atomic E-state index is 0.0355. The quantitative estimate of drug-likeness (QED) is 0.323. The summed E-state index contributed by atoms with van der Waals surface area (Å²) in [7, 11) is 0. The molecule has 8 heteroatoms. The summed E-state index contributed by atoms with van der Waals surface area (Å²) in [6.45, 7) is 1.37. The Bertz CT molecular complexity index is 911. The van der Waals surface area contributed by atoms with Crippen LogP contribution < -0.4 is 32.5 Å². The van der Waals surface area contributed by atoms with Gasteiger partial charge >= 0.3 is 0 Å². The second-order valence-electron chi connectivity index (χ2n) is 5.79. The van der Waals surface area contributed by atoms with Gasteiger partial charge in [0, 0.05) is 19.6 Å². The van der Waals surface area contributed by atoms with Crippen molar-refractivity contribution in [1.29, 1.82) is 5.41 Å². The summed E-state index contributed by atoms with van der Waals surface area (Å²) in [5.41, 5.74) is 13.0. The summed E-state index contributed by atoms with van der Waals surface area (Å²) >= 11 is 0. The lowest BCUT2D eigenvalue weighted by Gasteiger charge is -2.32. The third kappa shape index (κ3) is 2.62. The number of amides is 1. The Balaban J connectivity index is 1.77. The van der Waals surface area contributed by atoms with Crippen LogP contribution in [0.15, 0.2) is 27.8 Å². The highest BCUT2D eigenvalue weighted by atomic mass is 16.2. The van der Waals surface area contributed by atoms with E-state index in [1.165, 1.54) is 0 Å². The number of anilines is 2. The number of rotatable bonds is 3. The van der Waals surface area contributed by atoms with E-state index in [0.29, 0.717) is 18.8 Å². The maximum atomic E-state index is 11.7. The Kier molecular flexibility index (Phi) is 3.80. The molecule has 0 aromatic heterocycles. The van der Waals surface area contributed by atoms with Crippen LogP contribution in [-0.4, -0.2) is 18.3 Å². The zero-order valence-corrected chi connectivity index (χ0v) is 12.9. The molecule has 0 saturated heterocycles. The summed E-state index contributed by atoms with van der Waals surface area (Å²) in [4.78, 5) is 36.1. The predicted molar refractivity (Wildman–Crippen MR) is 90.7 cm³/mol. The lowest BCUT2D eigenvalue weighted by molar-refractivity contribution is -0.115. The van der Waals surface area contributed by atoms with Crippen LogP contribution in [0.5, 0.6) is 0 Å². The van der Waals surface area contributed by atoms with E-state index in [-0.39, 0.29) is 12.2 Å². The summed E-state index contributed by atoms with van der Waals surface area (Å²) in [6.07, 6.45) is 0.744. The number of nitrogens with one attached hydrogen (secondary N) is 2. The number of hydrogen-bond donors (Lipinski definition) is 4. The number of carbonyl (C=O) groups excluding carboxylic acids is 1. The third-order valence-electron chi connectivity index (χ3n) is 4.22. The minimum Gasteiger partial charge on any atom is -0.394 e. The van der Waals surface area contributed by atoms with Gasteiger partial charge in [-0.2, -0.15) is 0 Å². The van der Waals surface area contributed by atoms with Crippen LogP contribution in [0.25, 0.3) is 0 Å². The van der Waals surface area contributed by atoms with E-state index in [2.05, 4.69) is 5.32 Å². The Morgan fingerprint density at radius 1 is 1.25 bits per heavy atom. The molecule has 1 amide bonds. The van der Waals surface area contributed by atoms with Gasteiger partial charge in [-0.1, -0.05) is 18.2 Å². The molecule has 124 valence electrons. The lowest BCUT2D eigenvalue weighted by Crippen LogP contribution is -2.44. The molecule has 2 aromatic carbocycles. The Morgan fingerprint density at radius 3 is 2.67 bits per heavy atom. The van der Waals surface area contributed by atoms with Gasteiger partial charge < -0.3 is 21.7 Å². The van der Waals surface area contributed by atoms with E-state index in [9.17, 15) is 14.4 Å². The van der Waals surface area contributed by atoms with Crippen LogP contribution in [0, 0.1) is 5.41 Å². The zero-order chi connectivity index (χ0) is 17.4. The van der Waals surface area contributed by atoms with Gasteiger partial charge in [0.15, 0.2) is 5.84 Å². The summed E-state index contributed by atoms with van der Waals surface area (Å²) in [5.74, 6) is -1.15. The fourth-order valence-corrected chi connectivity index (χ4v) is 2.90. The number of carbonyl (C=O) groups is 1. The first kappa shape index (κ1) is 15.7. The first-order valence-electron chi connectivity index (χ1n) is 7.45. The number of benzene rings is 1. The number of hydrogen-bond acceptors (Lipinski definition) is 6. The number of nitrogens with zero attached hydrogens (tertiary/aromatic N) is 1. The molecule has 0 atom stereocenters. The number of amidine groups is 1. The molecule has 0 spiro atoms. The van der Waals surface area contributed by atoms with Gasteiger partial charge in [-0.3, -0.25) is 19.8 Å². The van der Waals surface area contributed by atoms with E-state index in [1.54, 1.807) is 0 Å². The average Bonchev–Trinajstić information content (AvgIpc) is 2.58. The van der Waals surface area contributed by atoms with Gasteiger partial charge in [0.2, 0.25) is 0 Å². The van der Waals surface area contributed by atoms with Crippen LogP contribution in [0.2, 0.25) is 0 Å². The average molecular weight is 327 g/mol. The van der Waals surface area contributed by atoms with Crippen molar-refractivity contribution in [3.8, 4) is 0 Å². The Labute approximate surface area is 137 Å². The summed E-state index contributed by atoms with van der Waals surface area (Å²) in [6, 6.07) is 5.82. The second-order valence-corrected chi connectivity index (χ2v) is 5.79. The van der Waals surface area contributed by atoms with Crippen molar-refractivity contribution in [1.82, 2.24) is 5.32 Å². The third-order valence-corrected chi connectivity index (χ3v) is 4.22. The molecule has 6 N–H and O–H groups in total.